The third kappa shape index (κ3) is 2.45. The Bertz CT molecular complexity index is 317. The van der Waals surface area contributed by atoms with Crippen LogP contribution in [0.1, 0.15) is 17.2 Å². The zero-order chi connectivity index (χ0) is 10.7. The highest BCUT2D eigenvalue weighted by Gasteiger charge is 2.17. The molecule has 0 amide bonds. The van der Waals surface area contributed by atoms with E-state index in [1.165, 1.54) is 0 Å². The molecule has 3 nitrogen and oxygen atoms in total. The van der Waals surface area contributed by atoms with Crippen molar-refractivity contribution in [2.75, 3.05) is 6.61 Å². The van der Waals surface area contributed by atoms with Gasteiger partial charge in [-0.2, -0.15) is 0 Å². The van der Waals surface area contributed by atoms with Crippen LogP contribution in [0.5, 0.6) is 0 Å². The quantitative estimate of drug-likeness (QED) is 0.705. The number of rotatable bonds is 3. The number of hydrogen-bond acceptors (Lipinski definition) is 3. The number of hydrogen-bond donors (Lipinski definition) is 3. The van der Waals surface area contributed by atoms with Gasteiger partial charge in [-0.3, -0.25) is 0 Å². The van der Waals surface area contributed by atoms with Gasteiger partial charge in [-0.05, 0) is 30.2 Å². The lowest BCUT2D eigenvalue weighted by Gasteiger charge is -2.19. The zero-order valence-corrected chi connectivity index (χ0v) is 8.70. The minimum atomic E-state index is -0.952. The number of aliphatic hydroxyl groups excluding tert-OH is 2. The van der Waals surface area contributed by atoms with Crippen molar-refractivity contribution in [3.05, 3.63) is 34.3 Å². The van der Waals surface area contributed by atoms with Gasteiger partial charge in [-0.15, -0.1) is 0 Å². The Morgan fingerprint density at radius 3 is 2.71 bits per heavy atom. The molecule has 0 spiro atoms. The predicted octanol–water partition coefficient (Wildman–Crippen LogP) is 1.00. The number of halogens is 1. The minimum Gasteiger partial charge on any atom is -0.394 e. The standard InChI is InChI=1S/C10H14ClNO2/c1-6-2-3-7(11)4-8(6)10(12)9(14)5-13/h2-4,9-10,13-14H,5,12H2,1H3/t9-,10+/m1/s1. The van der Waals surface area contributed by atoms with Crippen molar-refractivity contribution < 1.29 is 10.2 Å². The maximum atomic E-state index is 9.38. The molecule has 4 heteroatoms. The molecule has 0 saturated heterocycles. The molecular weight excluding hydrogens is 202 g/mol. The second-order valence-corrected chi connectivity index (χ2v) is 3.71. The Morgan fingerprint density at radius 2 is 2.14 bits per heavy atom. The lowest BCUT2D eigenvalue weighted by molar-refractivity contribution is 0.0739. The van der Waals surface area contributed by atoms with E-state index in [9.17, 15) is 5.11 Å². The van der Waals surface area contributed by atoms with Crippen molar-refractivity contribution in [1.29, 1.82) is 0 Å². The van der Waals surface area contributed by atoms with E-state index in [1.807, 2.05) is 13.0 Å². The fourth-order valence-electron chi connectivity index (χ4n) is 1.29. The van der Waals surface area contributed by atoms with Gasteiger partial charge in [0.15, 0.2) is 0 Å². The summed E-state index contributed by atoms with van der Waals surface area (Å²) in [5, 5.41) is 18.7. The van der Waals surface area contributed by atoms with E-state index in [-0.39, 0.29) is 6.61 Å². The highest BCUT2D eigenvalue weighted by molar-refractivity contribution is 6.30. The molecule has 0 heterocycles. The van der Waals surface area contributed by atoms with Gasteiger partial charge in [0.2, 0.25) is 0 Å². The Balaban J connectivity index is 2.99. The fraction of sp³-hybridized carbons (Fsp3) is 0.400. The number of aliphatic hydroxyl groups is 2. The summed E-state index contributed by atoms with van der Waals surface area (Å²) in [7, 11) is 0. The summed E-state index contributed by atoms with van der Waals surface area (Å²) in [4.78, 5) is 0. The maximum absolute atomic E-state index is 9.38. The van der Waals surface area contributed by atoms with Crippen molar-refractivity contribution in [1.82, 2.24) is 0 Å². The first kappa shape index (κ1) is 11.5. The highest BCUT2D eigenvalue weighted by Crippen LogP contribution is 2.22. The molecule has 1 rings (SSSR count). The molecule has 4 N–H and O–H groups in total. The molecule has 0 aliphatic carbocycles. The monoisotopic (exact) mass is 215 g/mol. The normalized spacial score (nSPS) is 15.2. The van der Waals surface area contributed by atoms with Crippen molar-refractivity contribution in [2.24, 2.45) is 5.73 Å². The summed E-state index contributed by atoms with van der Waals surface area (Å²) in [6.07, 6.45) is -0.952. The molecule has 0 aromatic heterocycles. The molecular formula is C10H14ClNO2. The van der Waals surface area contributed by atoms with E-state index in [2.05, 4.69) is 0 Å². The lowest BCUT2D eigenvalue weighted by Crippen LogP contribution is -2.29. The van der Waals surface area contributed by atoms with E-state index < -0.39 is 12.1 Å². The van der Waals surface area contributed by atoms with Gasteiger partial charge in [-0.25, -0.2) is 0 Å². The number of aryl methyl sites for hydroxylation is 1. The van der Waals surface area contributed by atoms with Gasteiger partial charge in [0.05, 0.1) is 18.8 Å². The Hall–Kier alpha value is -0.610. The molecule has 1 aromatic carbocycles. The number of nitrogens with two attached hydrogens (primary N) is 1. The summed E-state index contributed by atoms with van der Waals surface area (Å²) in [5.74, 6) is 0. The molecule has 78 valence electrons. The van der Waals surface area contributed by atoms with E-state index in [4.69, 9.17) is 22.4 Å². The molecule has 0 radical (unpaired) electrons. The molecule has 14 heavy (non-hydrogen) atoms. The van der Waals surface area contributed by atoms with Crippen LogP contribution in [-0.2, 0) is 0 Å². The molecule has 2 atom stereocenters. The van der Waals surface area contributed by atoms with Gasteiger partial charge in [0.25, 0.3) is 0 Å². The Morgan fingerprint density at radius 1 is 1.50 bits per heavy atom. The SMILES string of the molecule is Cc1ccc(Cl)cc1[C@H](N)[C@H](O)CO. The summed E-state index contributed by atoms with van der Waals surface area (Å²) >= 11 is 5.81. The second kappa shape index (κ2) is 4.75. The first-order valence-electron chi connectivity index (χ1n) is 4.37. The second-order valence-electron chi connectivity index (χ2n) is 3.28. The zero-order valence-electron chi connectivity index (χ0n) is 7.94. The molecule has 0 aliphatic heterocycles. The van der Waals surface area contributed by atoms with Crippen molar-refractivity contribution in [3.63, 3.8) is 0 Å². The van der Waals surface area contributed by atoms with Crippen molar-refractivity contribution >= 4 is 11.6 Å². The average Bonchev–Trinajstić information content (AvgIpc) is 2.19. The van der Waals surface area contributed by atoms with Crippen LogP contribution in [0.4, 0.5) is 0 Å². The average molecular weight is 216 g/mol. The highest BCUT2D eigenvalue weighted by atomic mass is 35.5. The van der Waals surface area contributed by atoms with E-state index >= 15 is 0 Å². The van der Waals surface area contributed by atoms with Crippen LogP contribution in [-0.4, -0.2) is 22.9 Å². The van der Waals surface area contributed by atoms with Gasteiger partial charge >= 0.3 is 0 Å². The van der Waals surface area contributed by atoms with Gasteiger partial charge < -0.3 is 15.9 Å². The van der Waals surface area contributed by atoms with Crippen molar-refractivity contribution in [2.45, 2.75) is 19.1 Å². The minimum absolute atomic E-state index is 0.354. The largest absolute Gasteiger partial charge is 0.394 e. The van der Waals surface area contributed by atoms with Gasteiger partial charge in [-0.1, -0.05) is 17.7 Å². The lowest BCUT2D eigenvalue weighted by atomic mass is 9.98. The summed E-state index contributed by atoms with van der Waals surface area (Å²) < 4.78 is 0. The summed E-state index contributed by atoms with van der Waals surface area (Å²) in [6, 6.07) is 4.71. The molecule has 0 saturated carbocycles. The number of benzene rings is 1. The van der Waals surface area contributed by atoms with Crippen LogP contribution in [0.15, 0.2) is 18.2 Å². The van der Waals surface area contributed by atoms with Crippen LogP contribution in [0, 0.1) is 6.92 Å². The van der Waals surface area contributed by atoms with Crippen LogP contribution in [0.3, 0.4) is 0 Å². The first-order chi connectivity index (χ1) is 6.56. The van der Waals surface area contributed by atoms with Gasteiger partial charge in [0, 0.05) is 5.02 Å². The first-order valence-corrected chi connectivity index (χ1v) is 4.74. The molecule has 0 unspecified atom stereocenters. The third-order valence-electron chi connectivity index (χ3n) is 2.20. The van der Waals surface area contributed by atoms with Gasteiger partial charge in [0.1, 0.15) is 0 Å². The van der Waals surface area contributed by atoms with Crippen LogP contribution < -0.4 is 5.73 Å². The molecule has 0 fully saturated rings. The van der Waals surface area contributed by atoms with Crippen LogP contribution in [0.25, 0.3) is 0 Å². The fourth-order valence-corrected chi connectivity index (χ4v) is 1.47. The Labute approximate surface area is 88.1 Å². The summed E-state index contributed by atoms with van der Waals surface area (Å²) in [5.41, 5.74) is 7.47. The topological polar surface area (TPSA) is 66.5 Å². The smallest absolute Gasteiger partial charge is 0.0963 e. The van der Waals surface area contributed by atoms with E-state index in [1.54, 1.807) is 12.1 Å². The molecule has 0 bridgehead atoms. The van der Waals surface area contributed by atoms with Crippen LogP contribution >= 0.6 is 11.6 Å². The Kier molecular flexibility index (Phi) is 3.89. The summed E-state index contributed by atoms with van der Waals surface area (Å²) in [6.45, 7) is 1.53. The van der Waals surface area contributed by atoms with Crippen LogP contribution in [0.2, 0.25) is 5.02 Å². The third-order valence-corrected chi connectivity index (χ3v) is 2.44. The molecule has 0 aliphatic rings. The maximum Gasteiger partial charge on any atom is 0.0963 e. The van der Waals surface area contributed by atoms with Crippen molar-refractivity contribution in [3.8, 4) is 0 Å². The predicted molar refractivity (Wildman–Crippen MR) is 56.2 cm³/mol. The van der Waals surface area contributed by atoms with E-state index in [0.717, 1.165) is 11.1 Å². The molecule has 1 aromatic rings. The van der Waals surface area contributed by atoms with E-state index in [0.29, 0.717) is 5.02 Å².